The Labute approximate surface area is 162 Å². The summed E-state index contributed by atoms with van der Waals surface area (Å²) in [5, 5.41) is 0. The van der Waals surface area contributed by atoms with Crippen LogP contribution in [-0.2, 0) is 22.9 Å². The first-order chi connectivity index (χ1) is 12.9. The molecule has 0 radical (unpaired) electrons. The second kappa shape index (κ2) is 8.28. The average molecular weight is 411 g/mol. The van der Waals surface area contributed by atoms with E-state index in [9.17, 15) is 13.2 Å². The lowest BCUT2D eigenvalue weighted by Crippen LogP contribution is -2.41. The van der Waals surface area contributed by atoms with Crippen LogP contribution in [0, 0.1) is 0 Å². The number of thiophene rings is 1. The molecule has 0 spiro atoms. The molecule has 0 saturated carbocycles. The van der Waals surface area contributed by atoms with Crippen molar-refractivity contribution in [3.05, 3.63) is 39.6 Å². The monoisotopic (exact) mass is 410 g/mol. The van der Waals surface area contributed by atoms with E-state index in [2.05, 4.69) is 10.3 Å². The maximum atomic E-state index is 12.5. The maximum absolute atomic E-state index is 12.5. The smallest absolute Gasteiger partial charge is 0.276 e. The fraction of sp³-hybridized carbons (Fsp3) is 0.389. The number of ether oxygens (including phenoxy) is 2. The summed E-state index contributed by atoms with van der Waals surface area (Å²) < 4.78 is 35.1. The maximum Gasteiger partial charge on any atom is 0.276 e. The van der Waals surface area contributed by atoms with Gasteiger partial charge in [-0.2, -0.15) is 0 Å². The summed E-state index contributed by atoms with van der Waals surface area (Å²) in [5.74, 6) is 0.242. The molecule has 1 amide bonds. The van der Waals surface area contributed by atoms with E-state index in [4.69, 9.17) is 9.47 Å². The second-order valence-electron chi connectivity index (χ2n) is 6.20. The van der Waals surface area contributed by atoms with Crippen molar-refractivity contribution in [1.82, 2.24) is 10.3 Å². The van der Waals surface area contributed by atoms with Gasteiger partial charge in [-0.25, -0.2) is 8.42 Å². The molecule has 2 N–H and O–H groups in total. The highest BCUT2D eigenvalue weighted by atomic mass is 32.2. The highest BCUT2D eigenvalue weighted by Gasteiger charge is 2.20. The quantitative estimate of drug-likeness (QED) is 0.564. The summed E-state index contributed by atoms with van der Waals surface area (Å²) >= 11 is 1.43. The number of carbonyl (C=O) groups is 1. The number of aryl methyl sites for hydroxylation is 2. The minimum atomic E-state index is -3.94. The summed E-state index contributed by atoms with van der Waals surface area (Å²) in [6.45, 7) is 0. The van der Waals surface area contributed by atoms with Gasteiger partial charge in [0.05, 0.1) is 24.0 Å². The lowest BCUT2D eigenvalue weighted by Gasteiger charge is -2.11. The topological polar surface area (TPSA) is 93.7 Å². The van der Waals surface area contributed by atoms with Gasteiger partial charge in [0.1, 0.15) is 0 Å². The summed E-state index contributed by atoms with van der Waals surface area (Å²) in [5.41, 5.74) is 3.49. The van der Waals surface area contributed by atoms with Crippen LogP contribution in [-0.4, -0.2) is 28.5 Å². The van der Waals surface area contributed by atoms with Gasteiger partial charge in [0, 0.05) is 10.9 Å². The van der Waals surface area contributed by atoms with E-state index in [0.29, 0.717) is 10.6 Å². The number of hydrogen-bond donors (Lipinski definition) is 2. The van der Waals surface area contributed by atoms with E-state index in [1.54, 1.807) is 0 Å². The first-order valence-electron chi connectivity index (χ1n) is 8.60. The number of amides is 1. The van der Waals surface area contributed by atoms with Gasteiger partial charge in [-0.1, -0.05) is 6.42 Å². The van der Waals surface area contributed by atoms with E-state index in [1.165, 1.54) is 60.6 Å². The average Bonchev–Trinajstić information content (AvgIpc) is 2.96. The standard InChI is InChI=1S/C18H22N2O5S2/c1-24-14-9-8-13(11-15(14)25-2)27(22,23)20-19-18(21)17-10-12-6-4-3-5-7-16(12)26-17/h8-11,20H,3-7H2,1-2H3,(H,19,21). The third-order valence-corrected chi connectivity index (χ3v) is 6.92. The van der Waals surface area contributed by atoms with Gasteiger partial charge in [0.25, 0.3) is 15.9 Å². The SMILES string of the molecule is COc1ccc(S(=O)(=O)NNC(=O)c2cc3c(s2)CCCCC3)cc1OC. The molecular weight excluding hydrogens is 388 g/mol. The van der Waals surface area contributed by atoms with Crippen molar-refractivity contribution in [3.63, 3.8) is 0 Å². The Hall–Kier alpha value is -2.10. The lowest BCUT2D eigenvalue weighted by atomic mass is 10.1. The highest BCUT2D eigenvalue weighted by Crippen LogP contribution is 2.30. The van der Waals surface area contributed by atoms with Crippen molar-refractivity contribution < 1.29 is 22.7 Å². The Morgan fingerprint density at radius 2 is 1.78 bits per heavy atom. The molecule has 2 aromatic rings. The van der Waals surface area contributed by atoms with Crippen LogP contribution in [0.15, 0.2) is 29.2 Å². The number of nitrogens with one attached hydrogen (secondary N) is 2. The Morgan fingerprint density at radius 1 is 1.04 bits per heavy atom. The van der Waals surface area contributed by atoms with Crippen molar-refractivity contribution in [2.24, 2.45) is 0 Å². The minimum Gasteiger partial charge on any atom is -0.493 e. The fourth-order valence-corrected chi connectivity index (χ4v) is 5.00. The molecule has 1 aliphatic carbocycles. The number of fused-ring (bicyclic) bond motifs is 1. The molecular formula is C18H22N2O5S2. The first-order valence-corrected chi connectivity index (χ1v) is 10.9. The van der Waals surface area contributed by atoms with E-state index in [1.807, 2.05) is 6.07 Å². The van der Waals surface area contributed by atoms with Crippen LogP contribution in [0.5, 0.6) is 11.5 Å². The molecule has 0 unspecified atom stereocenters. The molecule has 0 atom stereocenters. The Morgan fingerprint density at radius 3 is 2.52 bits per heavy atom. The molecule has 1 heterocycles. The molecule has 9 heteroatoms. The van der Waals surface area contributed by atoms with Crippen LogP contribution in [0.25, 0.3) is 0 Å². The fourth-order valence-electron chi connectivity index (χ4n) is 3.00. The number of sulfonamides is 1. The van der Waals surface area contributed by atoms with Gasteiger partial charge in [-0.05, 0) is 49.4 Å². The third-order valence-electron chi connectivity index (χ3n) is 4.43. The van der Waals surface area contributed by atoms with Crippen molar-refractivity contribution in [2.75, 3.05) is 14.2 Å². The predicted octanol–water partition coefficient (Wildman–Crippen LogP) is 2.66. The van der Waals surface area contributed by atoms with Crippen LogP contribution in [0.3, 0.4) is 0 Å². The van der Waals surface area contributed by atoms with Crippen LogP contribution in [0.1, 0.15) is 39.4 Å². The molecule has 146 valence electrons. The molecule has 1 aliphatic rings. The minimum absolute atomic E-state index is 0.0394. The Bertz CT molecular complexity index is 914. The van der Waals surface area contributed by atoms with Crippen LogP contribution >= 0.6 is 11.3 Å². The second-order valence-corrected chi connectivity index (χ2v) is 9.02. The van der Waals surface area contributed by atoms with Crippen LogP contribution < -0.4 is 19.7 Å². The molecule has 3 rings (SSSR count). The number of carbonyl (C=O) groups excluding carboxylic acids is 1. The molecule has 1 aromatic carbocycles. The van der Waals surface area contributed by atoms with E-state index >= 15 is 0 Å². The van der Waals surface area contributed by atoms with Crippen molar-refractivity contribution in [3.8, 4) is 11.5 Å². The van der Waals surface area contributed by atoms with E-state index in [0.717, 1.165) is 25.7 Å². The molecule has 0 bridgehead atoms. The lowest BCUT2D eigenvalue weighted by molar-refractivity contribution is 0.0949. The van der Waals surface area contributed by atoms with E-state index < -0.39 is 15.9 Å². The molecule has 1 aromatic heterocycles. The summed E-state index contributed by atoms with van der Waals surface area (Å²) in [7, 11) is -1.06. The van der Waals surface area contributed by atoms with Gasteiger partial charge < -0.3 is 9.47 Å². The molecule has 0 fully saturated rings. The zero-order valence-corrected chi connectivity index (χ0v) is 16.8. The number of hydrazine groups is 1. The zero-order chi connectivity index (χ0) is 19.4. The molecule has 0 aliphatic heterocycles. The third kappa shape index (κ3) is 4.42. The van der Waals surface area contributed by atoms with Crippen molar-refractivity contribution in [1.29, 1.82) is 0 Å². The Kier molecular flexibility index (Phi) is 6.03. The summed E-state index contributed by atoms with van der Waals surface area (Å²) in [6.07, 6.45) is 5.40. The number of hydrogen-bond acceptors (Lipinski definition) is 6. The van der Waals surface area contributed by atoms with E-state index in [-0.39, 0.29) is 10.6 Å². The van der Waals surface area contributed by atoms with Gasteiger partial charge >= 0.3 is 0 Å². The van der Waals surface area contributed by atoms with Gasteiger partial charge in [0.15, 0.2) is 11.5 Å². The highest BCUT2D eigenvalue weighted by molar-refractivity contribution is 7.89. The van der Waals surface area contributed by atoms with Gasteiger partial charge in [0.2, 0.25) is 0 Å². The summed E-state index contributed by atoms with van der Waals surface area (Å²) in [6, 6.07) is 6.07. The molecule has 7 nitrogen and oxygen atoms in total. The van der Waals surface area contributed by atoms with Gasteiger partial charge in [-0.3, -0.25) is 10.2 Å². The number of methoxy groups -OCH3 is 2. The summed E-state index contributed by atoms with van der Waals surface area (Å²) in [4.78, 5) is 16.2. The Balaban J connectivity index is 1.71. The van der Waals surface area contributed by atoms with Crippen molar-refractivity contribution in [2.45, 2.75) is 37.0 Å². The van der Waals surface area contributed by atoms with Gasteiger partial charge in [-0.15, -0.1) is 16.2 Å². The molecule has 0 saturated heterocycles. The predicted molar refractivity (Wildman–Crippen MR) is 103 cm³/mol. The number of rotatable bonds is 6. The molecule has 27 heavy (non-hydrogen) atoms. The number of benzene rings is 1. The van der Waals surface area contributed by atoms with Crippen LogP contribution in [0.2, 0.25) is 0 Å². The normalized spacial score (nSPS) is 14.1. The van der Waals surface area contributed by atoms with Crippen LogP contribution in [0.4, 0.5) is 0 Å². The zero-order valence-electron chi connectivity index (χ0n) is 15.2. The largest absolute Gasteiger partial charge is 0.493 e. The first kappa shape index (κ1) is 19.7. The van der Waals surface area contributed by atoms with Crippen molar-refractivity contribution >= 4 is 27.3 Å².